The molecule has 9 heteroatoms. The molecule has 0 spiro atoms. The molecule has 2 heterocycles. The van der Waals surface area contributed by atoms with Crippen molar-refractivity contribution in [3.05, 3.63) is 40.1 Å². The highest BCUT2D eigenvalue weighted by Crippen LogP contribution is 2.35. The Balaban J connectivity index is 1.42. The highest BCUT2D eigenvalue weighted by molar-refractivity contribution is 6.41. The Hall–Kier alpha value is -2.25. The number of benzene rings is 1. The van der Waals surface area contributed by atoms with Gasteiger partial charge in [-0.15, -0.1) is 0 Å². The zero-order chi connectivity index (χ0) is 18.5. The first-order chi connectivity index (χ1) is 12.6. The standard InChI is InChI=1S/C17H20Cl2N4O3/c1-20-17(22-9-11-7-13(18)16(19)23(11)2)21-5-6-24-12-3-4-14-15(8-12)26-10-25-14/h3-4,7-8H,5-6,9-10H2,1-2H3,(H2,20,21,22). The molecule has 26 heavy (non-hydrogen) atoms. The van der Waals surface area contributed by atoms with Gasteiger partial charge in [-0.1, -0.05) is 23.2 Å². The molecular formula is C17H20Cl2N4O3. The van der Waals surface area contributed by atoms with E-state index in [2.05, 4.69) is 15.6 Å². The van der Waals surface area contributed by atoms with Gasteiger partial charge in [-0.05, 0) is 18.2 Å². The number of halogens is 2. The van der Waals surface area contributed by atoms with Crippen molar-refractivity contribution in [1.82, 2.24) is 15.2 Å². The van der Waals surface area contributed by atoms with E-state index in [0.29, 0.717) is 41.6 Å². The number of ether oxygens (including phenoxy) is 3. The predicted octanol–water partition coefficient (Wildman–Crippen LogP) is 2.80. The molecule has 0 amide bonds. The molecular weight excluding hydrogens is 379 g/mol. The van der Waals surface area contributed by atoms with E-state index >= 15 is 0 Å². The van der Waals surface area contributed by atoms with E-state index in [-0.39, 0.29) is 6.79 Å². The smallest absolute Gasteiger partial charge is 0.231 e. The van der Waals surface area contributed by atoms with Crippen LogP contribution in [0.5, 0.6) is 17.2 Å². The molecule has 1 aromatic heterocycles. The summed E-state index contributed by atoms with van der Waals surface area (Å²) in [5.74, 6) is 2.83. The fraction of sp³-hybridized carbons (Fsp3) is 0.353. The fourth-order valence-corrected chi connectivity index (χ4v) is 2.87. The summed E-state index contributed by atoms with van der Waals surface area (Å²) in [4.78, 5) is 4.18. The molecule has 0 radical (unpaired) electrons. The summed E-state index contributed by atoms with van der Waals surface area (Å²) in [6.45, 7) is 1.86. The first-order valence-electron chi connectivity index (χ1n) is 8.05. The third-order valence-corrected chi connectivity index (χ3v) is 4.73. The lowest BCUT2D eigenvalue weighted by molar-refractivity contribution is 0.173. The lowest BCUT2D eigenvalue weighted by atomic mass is 10.3. The topological polar surface area (TPSA) is 69.0 Å². The molecule has 3 rings (SSSR count). The van der Waals surface area contributed by atoms with Gasteiger partial charge in [0.2, 0.25) is 6.79 Å². The van der Waals surface area contributed by atoms with Crippen molar-refractivity contribution in [3.8, 4) is 17.2 Å². The number of hydrogen-bond acceptors (Lipinski definition) is 4. The summed E-state index contributed by atoms with van der Waals surface area (Å²) in [6.07, 6.45) is 0. The summed E-state index contributed by atoms with van der Waals surface area (Å²) < 4.78 is 18.1. The van der Waals surface area contributed by atoms with Gasteiger partial charge < -0.3 is 29.4 Å². The minimum Gasteiger partial charge on any atom is -0.492 e. The van der Waals surface area contributed by atoms with Crippen LogP contribution in [0.1, 0.15) is 5.69 Å². The first kappa shape index (κ1) is 18.5. The maximum Gasteiger partial charge on any atom is 0.231 e. The normalized spacial score (nSPS) is 13.0. The average molecular weight is 399 g/mol. The van der Waals surface area contributed by atoms with Crippen LogP contribution in [0.15, 0.2) is 29.3 Å². The van der Waals surface area contributed by atoms with Gasteiger partial charge in [-0.3, -0.25) is 4.99 Å². The predicted molar refractivity (Wildman–Crippen MR) is 102 cm³/mol. The number of aliphatic imine (C=N–C) groups is 1. The molecule has 1 aromatic carbocycles. The molecule has 7 nitrogen and oxygen atoms in total. The molecule has 1 aliphatic heterocycles. The minimum absolute atomic E-state index is 0.250. The van der Waals surface area contributed by atoms with Gasteiger partial charge in [-0.2, -0.15) is 0 Å². The quantitative estimate of drug-likeness (QED) is 0.444. The van der Waals surface area contributed by atoms with Gasteiger partial charge in [0.25, 0.3) is 0 Å². The Labute approximate surface area is 161 Å². The molecule has 0 saturated heterocycles. The minimum atomic E-state index is 0.250. The number of hydrogen-bond donors (Lipinski definition) is 2. The Morgan fingerprint density at radius 2 is 2.04 bits per heavy atom. The van der Waals surface area contributed by atoms with E-state index in [1.54, 1.807) is 7.05 Å². The Bertz CT molecular complexity index is 808. The van der Waals surface area contributed by atoms with Crippen molar-refractivity contribution >= 4 is 29.2 Å². The van der Waals surface area contributed by atoms with E-state index in [9.17, 15) is 0 Å². The fourth-order valence-electron chi connectivity index (χ4n) is 2.46. The average Bonchev–Trinajstić information content (AvgIpc) is 3.21. The van der Waals surface area contributed by atoms with E-state index in [4.69, 9.17) is 37.4 Å². The third kappa shape index (κ3) is 4.28. The maximum absolute atomic E-state index is 6.07. The van der Waals surface area contributed by atoms with Crippen molar-refractivity contribution in [2.24, 2.45) is 12.0 Å². The van der Waals surface area contributed by atoms with Crippen LogP contribution in [0, 0.1) is 0 Å². The van der Waals surface area contributed by atoms with Gasteiger partial charge >= 0.3 is 0 Å². The Morgan fingerprint density at radius 3 is 2.77 bits per heavy atom. The van der Waals surface area contributed by atoms with E-state index in [1.807, 2.05) is 35.9 Å². The van der Waals surface area contributed by atoms with Gasteiger partial charge in [0.05, 0.1) is 18.1 Å². The molecule has 0 bridgehead atoms. The van der Waals surface area contributed by atoms with Crippen molar-refractivity contribution < 1.29 is 14.2 Å². The summed E-state index contributed by atoms with van der Waals surface area (Å²) in [7, 11) is 3.57. The van der Waals surface area contributed by atoms with Crippen LogP contribution in [0.25, 0.3) is 0 Å². The van der Waals surface area contributed by atoms with Crippen LogP contribution >= 0.6 is 23.2 Å². The van der Waals surface area contributed by atoms with E-state index in [1.165, 1.54) is 0 Å². The number of aromatic nitrogens is 1. The van der Waals surface area contributed by atoms with Crippen molar-refractivity contribution in [1.29, 1.82) is 0 Å². The SMILES string of the molecule is CN=C(NCCOc1ccc2c(c1)OCO2)NCc1cc(Cl)c(Cl)n1C. The number of nitrogens with one attached hydrogen (secondary N) is 2. The van der Waals surface area contributed by atoms with Gasteiger partial charge in [-0.25, -0.2) is 0 Å². The number of rotatable bonds is 6. The van der Waals surface area contributed by atoms with Gasteiger partial charge in [0, 0.05) is 25.9 Å². The zero-order valence-corrected chi connectivity index (χ0v) is 16.0. The molecule has 1 aliphatic rings. The second-order valence-electron chi connectivity index (χ2n) is 5.55. The second kappa shape index (κ2) is 8.42. The first-order valence-corrected chi connectivity index (χ1v) is 8.80. The number of guanidine groups is 1. The summed E-state index contributed by atoms with van der Waals surface area (Å²) in [5.41, 5.74) is 0.958. The molecule has 0 atom stereocenters. The maximum atomic E-state index is 6.07. The molecule has 2 N–H and O–H groups in total. The molecule has 2 aromatic rings. The lowest BCUT2D eigenvalue weighted by Gasteiger charge is -2.13. The third-order valence-electron chi connectivity index (χ3n) is 3.88. The monoisotopic (exact) mass is 398 g/mol. The highest BCUT2D eigenvalue weighted by atomic mass is 35.5. The largest absolute Gasteiger partial charge is 0.492 e. The Kier molecular flexibility index (Phi) is 6.00. The molecule has 0 aliphatic carbocycles. The van der Waals surface area contributed by atoms with Crippen LogP contribution in [0.3, 0.4) is 0 Å². The van der Waals surface area contributed by atoms with E-state index in [0.717, 1.165) is 17.2 Å². The molecule has 0 saturated carbocycles. The van der Waals surface area contributed by atoms with Gasteiger partial charge in [0.15, 0.2) is 17.5 Å². The van der Waals surface area contributed by atoms with Crippen LogP contribution in [-0.2, 0) is 13.6 Å². The molecule has 140 valence electrons. The van der Waals surface area contributed by atoms with Crippen molar-refractivity contribution in [3.63, 3.8) is 0 Å². The van der Waals surface area contributed by atoms with Crippen molar-refractivity contribution in [2.75, 3.05) is 27.0 Å². The van der Waals surface area contributed by atoms with Crippen LogP contribution in [0.4, 0.5) is 0 Å². The summed E-state index contributed by atoms with van der Waals surface area (Å²) >= 11 is 12.1. The summed E-state index contributed by atoms with van der Waals surface area (Å²) in [5, 5.41) is 7.44. The lowest BCUT2D eigenvalue weighted by Crippen LogP contribution is -2.39. The zero-order valence-electron chi connectivity index (χ0n) is 14.5. The van der Waals surface area contributed by atoms with Crippen molar-refractivity contribution in [2.45, 2.75) is 6.54 Å². The van der Waals surface area contributed by atoms with Crippen LogP contribution in [-0.4, -0.2) is 37.5 Å². The number of fused-ring (bicyclic) bond motifs is 1. The highest BCUT2D eigenvalue weighted by Gasteiger charge is 2.13. The Morgan fingerprint density at radius 1 is 1.23 bits per heavy atom. The van der Waals surface area contributed by atoms with Gasteiger partial charge in [0.1, 0.15) is 17.5 Å². The second-order valence-corrected chi connectivity index (χ2v) is 6.31. The van der Waals surface area contributed by atoms with Crippen LogP contribution in [0.2, 0.25) is 10.2 Å². The molecule has 0 unspecified atom stereocenters. The molecule has 0 fully saturated rings. The number of nitrogens with zero attached hydrogens (tertiary/aromatic N) is 2. The summed E-state index contributed by atoms with van der Waals surface area (Å²) in [6, 6.07) is 7.33. The van der Waals surface area contributed by atoms with E-state index < -0.39 is 0 Å². The van der Waals surface area contributed by atoms with Crippen LogP contribution < -0.4 is 24.8 Å².